The van der Waals surface area contributed by atoms with Gasteiger partial charge in [0.2, 0.25) is 21.8 Å². The monoisotopic (exact) mass is 785 g/mol. The number of halogens is 3. The number of nitrogens with one attached hydrogen (secondary N) is 2. The van der Waals surface area contributed by atoms with Gasteiger partial charge in [0.05, 0.1) is 23.1 Å². The zero-order valence-corrected chi connectivity index (χ0v) is 31.8. The van der Waals surface area contributed by atoms with Crippen LogP contribution >= 0.6 is 0 Å². The number of carbonyl (C=O) groups excluding carboxylic acids is 3. The van der Waals surface area contributed by atoms with E-state index >= 15 is 0 Å². The van der Waals surface area contributed by atoms with Crippen molar-refractivity contribution in [1.29, 1.82) is 0 Å². The maximum Gasteiger partial charge on any atom is 0.416 e. The third-order valence-electron chi connectivity index (χ3n) is 11.5. The summed E-state index contributed by atoms with van der Waals surface area (Å²) in [6, 6.07) is 3.76. The first-order chi connectivity index (χ1) is 26.0. The van der Waals surface area contributed by atoms with E-state index in [-0.39, 0.29) is 43.8 Å². The van der Waals surface area contributed by atoms with Gasteiger partial charge in [-0.1, -0.05) is 37.1 Å². The molecule has 3 fully saturated rings. The van der Waals surface area contributed by atoms with Crippen LogP contribution in [0.4, 0.5) is 13.2 Å². The zero-order valence-electron chi connectivity index (χ0n) is 31.0. The molecule has 3 amide bonds. The first-order valence-corrected chi connectivity index (χ1v) is 20.4. The second-order valence-electron chi connectivity index (χ2n) is 15.9. The van der Waals surface area contributed by atoms with Gasteiger partial charge >= 0.3 is 6.18 Å². The number of amides is 3. The molecule has 2 saturated carbocycles. The Morgan fingerprint density at radius 2 is 1.87 bits per heavy atom. The van der Waals surface area contributed by atoms with Crippen molar-refractivity contribution in [2.45, 2.75) is 120 Å². The molecule has 4 heterocycles. The summed E-state index contributed by atoms with van der Waals surface area (Å²) in [5.41, 5.74) is -0.727. The average molecular weight is 786 g/mol. The SMILES string of the molecule is CC(C)n1c(O[C@@H]2C[C@H]3C(=O)N[C@]4(C(=O)NS(=O)(=O)C5(C)CC5)C[C@H]4/C=C\CCCCC[C@H](Cc4ccc(C(F)(F)F)cc4)C(=O)N3C2)nc2cncnc21. The number of ether oxygens (including phenoxy) is 1. The molecule has 1 aromatic carbocycles. The zero-order chi connectivity index (χ0) is 39.3. The molecule has 1 saturated heterocycles. The van der Waals surface area contributed by atoms with Gasteiger partial charge in [-0.25, -0.2) is 18.4 Å². The van der Waals surface area contributed by atoms with E-state index in [9.17, 15) is 36.0 Å². The molecule has 13 nitrogen and oxygen atoms in total. The van der Waals surface area contributed by atoms with Gasteiger partial charge in [0.1, 0.15) is 29.5 Å². The minimum Gasteiger partial charge on any atom is -0.459 e. The van der Waals surface area contributed by atoms with Crippen LogP contribution in [0.25, 0.3) is 11.2 Å². The molecule has 17 heteroatoms. The summed E-state index contributed by atoms with van der Waals surface area (Å²) in [5, 5.41) is 2.88. The summed E-state index contributed by atoms with van der Waals surface area (Å²) in [7, 11) is -4.01. The lowest BCUT2D eigenvalue weighted by molar-refractivity contribution is -0.142. The predicted molar refractivity (Wildman–Crippen MR) is 195 cm³/mol. The Kier molecular flexibility index (Phi) is 10.2. The molecule has 0 unspecified atom stereocenters. The predicted octanol–water partition coefficient (Wildman–Crippen LogP) is 5.03. The Bertz CT molecular complexity index is 2100. The molecular weight excluding hydrogens is 740 g/mol. The molecule has 55 heavy (non-hydrogen) atoms. The van der Waals surface area contributed by atoms with E-state index in [1.54, 1.807) is 17.7 Å². The van der Waals surface area contributed by atoms with Crippen molar-refractivity contribution < 1.29 is 40.7 Å². The highest BCUT2D eigenvalue weighted by Gasteiger charge is 2.63. The number of imidazole rings is 1. The molecule has 296 valence electrons. The molecule has 2 aromatic heterocycles. The topological polar surface area (TPSA) is 165 Å². The maximum atomic E-state index is 14.7. The standard InChI is InChI=1S/C38H46F3N7O6S/c1-23(2)48-31-29(20-42-22-43-31)44-35(48)54-28-18-30-32(49)45-37(34(51)46-55(52,53)36(3)15-16-36)19-27(37)10-8-6-4-5-7-9-25(33(50)47(30)21-28)17-24-11-13-26(14-12-24)38(39,40)41/h8,10-14,20,22-23,25,27-28,30H,4-7,9,15-19,21H2,1-3H3,(H,45,49)(H,46,51)/b10-8-/t25-,27-,28-,30+,37-/m1/s1. The molecule has 0 radical (unpaired) electrons. The Hall–Kier alpha value is -4.54. The number of nitrogens with zero attached hydrogens (tertiary/aromatic N) is 5. The van der Waals surface area contributed by atoms with Crippen molar-refractivity contribution in [3.63, 3.8) is 0 Å². The second kappa shape index (κ2) is 14.5. The molecule has 0 bridgehead atoms. The van der Waals surface area contributed by atoms with Gasteiger partial charge < -0.3 is 15.0 Å². The van der Waals surface area contributed by atoms with Crippen LogP contribution in [-0.2, 0) is 37.0 Å². The second-order valence-corrected chi connectivity index (χ2v) is 18.1. The Labute approximate surface area is 317 Å². The number of alkyl halides is 3. The van der Waals surface area contributed by atoms with Gasteiger partial charge in [-0.2, -0.15) is 18.2 Å². The highest BCUT2D eigenvalue weighted by Crippen LogP contribution is 2.47. The Balaban J connectivity index is 1.21. The number of benzene rings is 1. The number of fused-ring (bicyclic) bond motifs is 3. The Morgan fingerprint density at radius 3 is 2.56 bits per heavy atom. The molecule has 4 aliphatic rings. The molecule has 5 atom stereocenters. The summed E-state index contributed by atoms with van der Waals surface area (Å²) >= 11 is 0. The van der Waals surface area contributed by atoms with Crippen LogP contribution in [0.5, 0.6) is 6.01 Å². The lowest BCUT2D eigenvalue weighted by atomic mass is 9.91. The minimum atomic E-state index is -4.51. The average Bonchev–Trinajstić information content (AvgIpc) is 3.95. The number of rotatable bonds is 8. The van der Waals surface area contributed by atoms with Gasteiger partial charge in [-0.15, -0.1) is 0 Å². The minimum absolute atomic E-state index is 0.0112. The molecular formula is C38H46F3N7O6S. The van der Waals surface area contributed by atoms with Crippen molar-refractivity contribution in [3.8, 4) is 6.01 Å². The summed E-state index contributed by atoms with van der Waals surface area (Å²) in [4.78, 5) is 57.4. The molecule has 3 aromatic rings. The van der Waals surface area contributed by atoms with Gasteiger partial charge in [-0.05, 0) is 83.4 Å². The number of aromatic nitrogens is 4. The van der Waals surface area contributed by atoms with Gasteiger partial charge in [-0.3, -0.25) is 23.7 Å². The van der Waals surface area contributed by atoms with E-state index in [0.717, 1.165) is 25.0 Å². The fourth-order valence-corrected chi connectivity index (χ4v) is 9.03. The number of carbonyl (C=O) groups is 3. The van der Waals surface area contributed by atoms with E-state index in [0.29, 0.717) is 48.8 Å². The largest absolute Gasteiger partial charge is 0.459 e. The van der Waals surface area contributed by atoms with Crippen molar-refractivity contribution in [3.05, 3.63) is 60.1 Å². The first-order valence-electron chi connectivity index (χ1n) is 18.9. The summed E-state index contributed by atoms with van der Waals surface area (Å²) in [6.07, 6.45) is 6.07. The van der Waals surface area contributed by atoms with E-state index < -0.39 is 67.8 Å². The molecule has 0 spiro atoms. The summed E-state index contributed by atoms with van der Waals surface area (Å²) in [5.74, 6) is -2.94. The van der Waals surface area contributed by atoms with Crippen LogP contribution < -0.4 is 14.8 Å². The molecule has 2 N–H and O–H groups in total. The smallest absolute Gasteiger partial charge is 0.416 e. The van der Waals surface area contributed by atoms with Gasteiger partial charge in [0.15, 0.2) is 5.65 Å². The lowest BCUT2D eigenvalue weighted by Gasteiger charge is -2.30. The highest BCUT2D eigenvalue weighted by atomic mass is 32.2. The Morgan fingerprint density at radius 1 is 1.13 bits per heavy atom. The van der Waals surface area contributed by atoms with Crippen LogP contribution in [-0.4, -0.2) is 79.5 Å². The number of hydrogen-bond donors (Lipinski definition) is 2. The third kappa shape index (κ3) is 7.81. The fraction of sp³-hybridized carbons (Fsp3) is 0.579. The van der Waals surface area contributed by atoms with E-state index in [1.807, 2.05) is 26.0 Å². The van der Waals surface area contributed by atoms with E-state index in [1.165, 1.54) is 23.4 Å². The lowest BCUT2D eigenvalue weighted by Crippen LogP contribution is -2.57. The molecule has 2 aliphatic heterocycles. The maximum absolute atomic E-state index is 14.7. The fourth-order valence-electron chi connectivity index (χ4n) is 7.72. The first kappa shape index (κ1) is 38.7. The van der Waals surface area contributed by atoms with Crippen molar-refractivity contribution in [2.24, 2.45) is 11.8 Å². The van der Waals surface area contributed by atoms with Gasteiger partial charge in [0, 0.05) is 24.3 Å². The van der Waals surface area contributed by atoms with Crippen molar-refractivity contribution >= 4 is 38.9 Å². The van der Waals surface area contributed by atoms with Crippen LogP contribution in [0.1, 0.15) is 95.7 Å². The summed E-state index contributed by atoms with van der Waals surface area (Å²) < 4.78 is 75.8. The van der Waals surface area contributed by atoms with Crippen LogP contribution in [0.15, 0.2) is 48.9 Å². The van der Waals surface area contributed by atoms with Crippen LogP contribution in [0.3, 0.4) is 0 Å². The third-order valence-corrected chi connectivity index (χ3v) is 13.6. The quantitative estimate of drug-likeness (QED) is 0.298. The van der Waals surface area contributed by atoms with E-state index in [2.05, 4.69) is 25.0 Å². The summed E-state index contributed by atoms with van der Waals surface area (Å²) in [6.45, 7) is 5.43. The van der Waals surface area contributed by atoms with Gasteiger partial charge in [0.25, 0.3) is 11.9 Å². The molecule has 7 rings (SSSR count). The number of allylic oxidation sites excluding steroid dienone is 1. The van der Waals surface area contributed by atoms with Crippen LogP contribution in [0.2, 0.25) is 0 Å². The van der Waals surface area contributed by atoms with Crippen molar-refractivity contribution in [1.82, 2.24) is 34.5 Å². The van der Waals surface area contributed by atoms with Crippen molar-refractivity contribution in [2.75, 3.05) is 6.54 Å². The van der Waals surface area contributed by atoms with E-state index in [4.69, 9.17) is 4.74 Å². The number of hydrogen-bond acceptors (Lipinski definition) is 9. The highest BCUT2D eigenvalue weighted by molar-refractivity contribution is 7.91. The normalized spacial score (nSPS) is 27.7. The number of sulfonamides is 1. The molecule has 2 aliphatic carbocycles. The van der Waals surface area contributed by atoms with Crippen LogP contribution in [0, 0.1) is 11.8 Å².